The van der Waals surface area contributed by atoms with Gasteiger partial charge in [0.15, 0.2) is 6.61 Å². The molecule has 0 aromatic heterocycles. The molecule has 0 aliphatic heterocycles. The zero-order valence-electron chi connectivity index (χ0n) is 15.1. The predicted octanol–water partition coefficient (Wildman–Crippen LogP) is 4.59. The van der Waals surface area contributed by atoms with Crippen LogP contribution in [0, 0.1) is 0 Å². The highest BCUT2D eigenvalue weighted by atomic mass is 35.5. The number of fused-ring (bicyclic) bond motifs is 1. The molecule has 0 unspecified atom stereocenters. The highest BCUT2D eigenvalue weighted by Gasteiger charge is 2.07. The van der Waals surface area contributed by atoms with Gasteiger partial charge in [-0.3, -0.25) is 4.79 Å². The molecular weight excluding hydrogens is 376 g/mol. The van der Waals surface area contributed by atoms with Crippen molar-refractivity contribution in [3.05, 3.63) is 83.9 Å². The third kappa shape index (κ3) is 5.11. The fourth-order valence-corrected chi connectivity index (χ4v) is 2.69. The van der Waals surface area contributed by atoms with E-state index in [0.717, 1.165) is 16.3 Å². The van der Waals surface area contributed by atoms with Crippen molar-refractivity contribution in [1.29, 1.82) is 0 Å². The molecule has 3 rings (SSSR count). The van der Waals surface area contributed by atoms with Crippen LogP contribution in [-0.4, -0.2) is 25.3 Å². The number of nitrogens with zero attached hydrogens (tertiary/aromatic N) is 1. The summed E-state index contributed by atoms with van der Waals surface area (Å²) in [6, 6.07) is 18.5. The highest BCUT2D eigenvalue weighted by molar-refractivity contribution is 6.30. The van der Waals surface area contributed by atoms with Crippen LogP contribution in [0.4, 0.5) is 0 Å². The largest absolute Gasteiger partial charge is 0.489 e. The van der Waals surface area contributed by atoms with E-state index in [0.29, 0.717) is 23.1 Å². The third-order valence-electron chi connectivity index (χ3n) is 3.85. The second kappa shape index (κ2) is 9.58. The molecule has 0 saturated carbocycles. The Labute approximate surface area is 168 Å². The molecule has 0 heterocycles. The van der Waals surface area contributed by atoms with Gasteiger partial charge in [0.1, 0.15) is 18.1 Å². The number of hydrogen-bond donors (Lipinski definition) is 1. The van der Waals surface area contributed by atoms with Gasteiger partial charge in [-0.05, 0) is 41.1 Å². The summed E-state index contributed by atoms with van der Waals surface area (Å²) >= 11 is 5.82. The van der Waals surface area contributed by atoms with Crippen LogP contribution in [0.25, 0.3) is 10.8 Å². The molecular formula is C22H19ClN2O3. The quantitative estimate of drug-likeness (QED) is 0.345. The lowest BCUT2D eigenvalue weighted by Crippen LogP contribution is -2.24. The van der Waals surface area contributed by atoms with E-state index in [1.807, 2.05) is 36.4 Å². The van der Waals surface area contributed by atoms with Crippen LogP contribution in [0.5, 0.6) is 11.5 Å². The number of hydrazone groups is 1. The first-order valence-electron chi connectivity index (χ1n) is 8.63. The van der Waals surface area contributed by atoms with E-state index in [9.17, 15) is 4.79 Å². The van der Waals surface area contributed by atoms with Gasteiger partial charge in [0.05, 0.1) is 6.21 Å². The Morgan fingerprint density at radius 3 is 2.64 bits per heavy atom. The number of carbonyl (C=O) groups excluding carboxylic acids is 1. The van der Waals surface area contributed by atoms with Crippen molar-refractivity contribution >= 4 is 34.5 Å². The second-order valence-corrected chi connectivity index (χ2v) is 6.27. The van der Waals surface area contributed by atoms with E-state index >= 15 is 0 Å². The zero-order valence-corrected chi connectivity index (χ0v) is 15.9. The number of halogens is 1. The van der Waals surface area contributed by atoms with Crippen molar-refractivity contribution in [3.63, 3.8) is 0 Å². The van der Waals surface area contributed by atoms with Gasteiger partial charge in [0.2, 0.25) is 0 Å². The first kappa shape index (κ1) is 19.5. The molecule has 1 N–H and O–H groups in total. The van der Waals surface area contributed by atoms with Crippen LogP contribution < -0.4 is 14.9 Å². The van der Waals surface area contributed by atoms with Crippen molar-refractivity contribution in [2.24, 2.45) is 5.10 Å². The standard InChI is InChI=1S/C22H19ClN2O3/c1-2-13-27-21-12-7-16-5-3-4-6-19(16)20(21)14-24-25-22(26)15-28-18-10-8-17(23)9-11-18/h2-12,14H,1,13,15H2,(H,25,26)/b24-14+. The summed E-state index contributed by atoms with van der Waals surface area (Å²) in [5.74, 6) is 0.840. The maximum atomic E-state index is 12.0. The topological polar surface area (TPSA) is 59.9 Å². The smallest absolute Gasteiger partial charge is 0.277 e. The van der Waals surface area contributed by atoms with E-state index in [1.165, 1.54) is 0 Å². The second-order valence-electron chi connectivity index (χ2n) is 5.83. The molecule has 0 spiro atoms. The van der Waals surface area contributed by atoms with E-state index in [1.54, 1.807) is 36.6 Å². The molecule has 0 bridgehead atoms. The minimum Gasteiger partial charge on any atom is -0.489 e. The molecule has 1 amide bonds. The Morgan fingerprint density at radius 2 is 1.86 bits per heavy atom. The van der Waals surface area contributed by atoms with Gasteiger partial charge in [-0.2, -0.15) is 5.10 Å². The van der Waals surface area contributed by atoms with E-state index < -0.39 is 0 Å². The van der Waals surface area contributed by atoms with Crippen LogP contribution in [0.3, 0.4) is 0 Å². The lowest BCUT2D eigenvalue weighted by Gasteiger charge is -2.10. The van der Waals surface area contributed by atoms with Gasteiger partial charge in [-0.15, -0.1) is 0 Å². The average molecular weight is 395 g/mol. The van der Waals surface area contributed by atoms with Crippen LogP contribution in [0.2, 0.25) is 5.02 Å². The van der Waals surface area contributed by atoms with Gasteiger partial charge < -0.3 is 9.47 Å². The summed E-state index contributed by atoms with van der Waals surface area (Å²) < 4.78 is 11.1. The summed E-state index contributed by atoms with van der Waals surface area (Å²) in [6.45, 7) is 3.88. The SMILES string of the molecule is C=CCOc1ccc2ccccc2c1/C=N/NC(=O)COc1ccc(Cl)cc1. The molecule has 0 aliphatic rings. The van der Waals surface area contributed by atoms with Crippen LogP contribution in [0.15, 0.2) is 78.4 Å². The van der Waals surface area contributed by atoms with Gasteiger partial charge in [0, 0.05) is 10.6 Å². The fourth-order valence-electron chi connectivity index (χ4n) is 2.56. The molecule has 0 fully saturated rings. The van der Waals surface area contributed by atoms with E-state index in [4.69, 9.17) is 21.1 Å². The summed E-state index contributed by atoms with van der Waals surface area (Å²) in [6.07, 6.45) is 3.24. The fraction of sp³-hybridized carbons (Fsp3) is 0.0909. The molecule has 5 nitrogen and oxygen atoms in total. The van der Waals surface area contributed by atoms with Crippen molar-refractivity contribution in [2.45, 2.75) is 0 Å². The molecule has 28 heavy (non-hydrogen) atoms. The average Bonchev–Trinajstić information content (AvgIpc) is 2.72. The Morgan fingerprint density at radius 1 is 1.07 bits per heavy atom. The molecule has 0 saturated heterocycles. The van der Waals surface area contributed by atoms with E-state index in [2.05, 4.69) is 17.1 Å². The number of hydrogen-bond acceptors (Lipinski definition) is 4. The van der Waals surface area contributed by atoms with Crippen LogP contribution >= 0.6 is 11.6 Å². The van der Waals surface area contributed by atoms with Crippen molar-refractivity contribution in [1.82, 2.24) is 5.43 Å². The molecule has 3 aromatic carbocycles. The number of amides is 1. The minimum atomic E-state index is -0.375. The van der Waals surface area contributed by atoms with Gasteiger partial charge in [-0.25, -0.2) is 5.43 Å². The van der Waals surface area contributed by atoms with Gasteiger partial charge >= 0.3 is 0 Å². The monoisotopic (exact) mass is 394 g/mol. The number of rotatable bonds is 8. The number of nitrogens with one attached hydrogen (secondary N) is 1. The summed E-state index contributed by atoms with van der Waals surface area (Å²) in [5, 5.41) is 6.68. The molecule has 0 radical (unpaired) electrons. The molecule has 0 aliphatic carbocycles. The van der Waals surface area contributed by atoms with Crippen molar-refractivity contribution < 1.29 is 14.3 Å². The van der Waals surface area contributed by atoms with Gasteiger partial charge in [-0.1, -0.05) is 54.6 Å². The third-order valence-corrected chi connectivity index (χ3v) is 4.11. The highest BCUT2D eigenvalue weighted by Crippen LogP contribution is 2.26. The van der Waals surface area contributed by atoms with Crippen molar-refractivity contribution in [3.8, 4) is 11.5 Å². The number of ether oxygens (including phenoxy) is 2. The Kier molecular flexibility index (Phi) is 6.65. The van der Waals surface area contributed by atoms with Crippen molar-refractivity contribution in [2.75, 3.05) is 13.2 Å². The Bertz CT molecular complexity index is 1000. The normalized spacial score (nSPS) is 10.8. The lowest BCUT2D eigenvalue weighted by atomic mass is 10.0. The Balaban J connectivity index is 1.68. The molecule has 6 heteroatoms. The first-order valence-corrected chi connectivity index (χ1v) is 9.01. The summed E-state index contributed by atoms with van der Waals surface area (Å²) in [7, 11) is 0. The number of benzene rings is 3. The first-order chi connectivity index (χ1) is 13.7. The molecule has 3 aromatic rings. The summed E-state index contributed by atoms with van der Waals surface area (Å²) in [4.78, 5) is 12.0. The van der Waals surface area contributed by atoms with Crippen LogP contribution in [0.1, 0.15) is 5.56 Å². The van der Waals surface area contributed by atoms with Crippen LogP contribution in [-0.2, 0) is 4.79 Å². The zero-order chi connectivity index (χ0) is 19.8. The molecule has 0 atom stereocenters. The number of carbonyl (C=O) groups is 1. The maximum absolute atomic E-state index is 12.0. The molecule has 142 valence electrons. The lowest BCUT2D eigenvalue weighted by molar-refractivity contribution is -0.123. The predicted molar refractivity (Wildman–Crippen MR) is 112 cm³/mol. The Hall–Kier alpha value is -3.31. The van der Waals surface area contributed by atoms with Gasteiger partial charge in [0.25, 0.3) is 5.91 Å². The summed E-state index contributed by atoms with van der Waals surface area (Å²) in [5.41, 5.74) is 3.24. The minimum absolute atomic E-state index is 0.158. The van der Waals surface area contributed by atoms with E-state index in [-0.39, 0.29) is 12.5 Å². The maximum Gasteiger partial charge on any atom is 0.277 e.